The van der Waals surface area contributed by atoms with E-state index in [9.17, 15) is 8.42 Å². The summed E-state index contributed by atoms with van der Waals surface area (Å²) in [5, 5.41) is 4.01. The van der Waals surface area contributed by atoms with Gasteiger partial charge in [-0.05, 0) is 42.3 Å². The number of nitrogens with zero attached hydrogens (tertiary/aromatic N) is 1. The summed E-state index contributed by atoms with van der Waals surface area (Å²) < 4.78 is 33.5. The zero-order valence-electron chi connectivity index (χ0n) is 17.4. The predicted molar refractivity (Wildman–Crippen MR) is 131 cm³/mol. The van der Waals surface area contributed by atoms with Gasteiger partial charge in [-0.2, -0.15) is 0 Å². The standard InChI is InChI=1S/C23H23ClN2O4S.ClH/c1-2-30-25-17-19-12-10-18(11-13-19)14-15-29-21-7-5-6-20(16-21)26-31(27,28)23-9-4-3-8-22(23)24;/h3-13,16-17,26H,2,14-15H2,1H3;1H/b25-17+;. The Labute approximate surface area is 199 Å². The van der Waals surface area contributed by atoms with Gasteiger partial charge in [-0.1, -0.05) is 59.2 Å². The van der Waals surface area contributed by atoms with Gasteiger partial charge in [-0.25, -0.2) is 8.42 Å². The van der Waals surface area contributed by atoms with Crippen molar-refractivity contribution in [2.24, 2.45) is 5.16 Å². The van der Waals surface area contributed by atoms with E-state index in [4.69, 9.17) is 21.2 Å². The summed E-state index contributed by atoms with van der Waals surface area (Å²) in [6, 6.07) is 21.0. The number of nitrogens with one attached hydrogen (secondary N) is 1. The Balaban J connectivity index is 0.00000363. The van der Waals surface area contributed by atoms with Crippen LogP contribution in [0.4, 0.5) is 5.69 Å². The van der Waals surface area contributed by atoms with Gasteiger partial charge in [-0.3, -0.25) is 4.72 Å². The van der Waals surface area contributed by atoms with Crippen LogP contribution in [0.5, 0.6) is 5.75 Å². The molecule has 3 rings (SSSR count). The van der Waals surface area contributed by atoms with Gasteiger partial charge < -0.3 is 9.57 Å². The molecule has 0 aromatic heterocycles. The molecule has 0 spiro atoms. The molecule has 9 heteroatoms. The van der Waals surface area contributed by atoms with Crippen molar-refractivity contribution in [2.45, 2.75) is 18.2 Å². The van der Waals surface area contributed by atoms with Gasteiger partial charge in [0.15, 0.2) is 0 Å². The highest BCUT2D eigenvalue weighted by molar-refractivity contribution is 7.92. The van der Waals surface area contributed by atoms with Crippen LogP contribution >= 0.6 is 24.0 Å². The molecule has 0 heterocycles. The Bertz CT molecular complexity index is 1140. The normalized spacial score (nSPS) is 11.1. The van der Waals surface area contributed by atoms with Gasteiger partial charge in [0, 0.05) is 12.5 Å². The fraction of sp³-hybridized carbons (Fsp3) is 0.174. The van der Waals surface area contributed by atoms with E-state index in [1.165, 1.54) is 12.1 Å². The van der Waals surface area contributed by atoms with Gasteiger partial charge >= 0.3 is 0 Å². The number of halogens is 2. The molecule has 0 saturated heterocycles. The number of sulfonamides is 1. The Morgan fingerprint density at radius 1 is 1.03 bits per heavy atom. The van der Waals surface area contributed by atoms with Crippen molar-refractivity contribution in [3.8, 4) is 5.75 Å². The number of ether oxygens (including phenoxy) is 1. The number of hydrogen-bond donors (Lipinski definition) is 1. The molecule has 32 heavy (non-hydrogen) atoms. The van der Waals surface area contributed by atoms with Gasteiger partial charge in [-0.15, -0.1) is 12.4 Å². The monoisotopic (exact) mass is 494 g/mol. The summed E-state index contributed by atoms with van der Waals surface area (Å²) >= 11 is 6.02. The molecule has 170 valence electrons. The molecule has 0 amide bonds. The molecule has 0 aliphatic rings. The Morgan fingerprint density at radius 2 is 1.78 bits per heavy atom. The van der Waals surface area contributed by atoms with Gasteiger partial charge in [0.1, 0.15) is 17.3 Å². The lowest BCUT2D eigenvalue weighted by Gasteiger charge is -2.11. The van der Waals surface area contributed by atoms with E-state index in [0.29, 0.717) is 31.1 Å². The third-order valence-electron chi connectivity index (χ3n) is 4.26. The molecule has 3 aromatic rings. The van der Waals surface area contributed by atoms with Crippen molar-refractivity contribution in [3.05, 3.63) is 88.9 Å². The van der Waals surface area contributed by atoms with Crippen molar-refractivity contribution < 1.29 is 18.0 Å². The molecular formula is C23H24Cl2N2O4S. The maximum absolute atomic E-state index is 12.6. The lowest BCUT2D eigenvalue weighted by atomic mass is 10.1. The molecule has 0 aliphatic heterocycles. The smallest absolute Gasteiger partial charge is 0.263 e. The van der Waals surface area contributed by atoms with Crippen LogP contribution in [0.2, 0.25) is 5.02 Å². The summed E-state index contributed by atoms with van der Waals surface area (Å²) in [5.74, 6) is 0.569. The van der Waals surface area contributed by atoms with E-state index in [2.05, 4.69) is 9.88 Å². The van der Waals surface area contributed by atoms with Crippen molar-refractivity contribution >= 4 is 45.9 Å². The quantitative estimate of drug-likeness (QED) is 0.295. The maximum atomic E-state index is 12.6. The number of anilines is 1. The first-order valence-corrected chi connectivity index (χ1v) is 11.6. The average Bonchev–Trinajstić information content (AvgIpc) is 2.75. The molecule has 0 atom stereocenters. The fourth-order valence-electron chi connectivity index (χ4n) is 2.75. The van der Waals surface area contributed by atoms with Crippen LogP contribution in [0.3, 0.4) is 0 Å². The SMILES string of the molecule is CCO/N=C/c1ccc(CCOc2cccc(NS(=O)(=O)c3ccccc3Cl)c2)cc1.Cl. The molecule has 0 unspecified atom stereocenters. The van der Waals surface area contributed by atoms with Crippen LogP contribution in [0.1, 0.15) is 18.1 Å². The number of benzene rings is 3. The zero-order chi connectivity index (χ0) is 22.1. The number of rotatable bonds is 10. The highest BCUT2D eigenvalue weighted by Crippen LogP contribution is 2.25. The molecule has 6 nitrogen and oxygen atoms in total. The first-order valence-electron chi connectivity index (χ1n) is 9.72. The molecule has 0 radical (unpaired) electrons. The molecule has 1 N–H and O–H groups in total. The van der Waals surface area contributed by atoms with E-state index < -0.39 is 10.0 Å². The Morgan fingerprint density at radius 3 is 2.50 bits per heavy atom. The van der Waals surface area contributed by atoms with Crippen LogP contribution in [0.15, 0.2) is 82.8 Å². The highest BCUT2D eigenvalue weighted by Gasteiger charge is 2.17. The molecular weight excluding hydrogens is 471 g/mol. The van der Waals surface area contributed by atoms with Gasteiger partial charge in [0.2, 0.25) is 0 Å². The third-order valence-corrected chi connectivity index (χ3v) is 6.14. The first-order chi connectivity index (χ1) is 15.0. The lowest BCUT2D eigenvalue weighted by Crippen LogP contribution is -2.13. The molecule has 0 aliphatic carbocycles. The third kappa shape index (κ3) is 7.44. The number of hydrogen-bond acceptors (Lipinski definition) is 5. The van der Waals surface area contributed by atoms with Crippen LogP contribution in [0.25, 0.3) is 0 Å². The number of oxime groups is 1. The first kappa shape index (κ1) is 25.5. The summed E-state index contributed by atoms with van der Waals surface area (Å²) in [5.41, 5.74) is 2.47. The minimum Gasteiger partial charge on any atom is -0.493 e. The van der Waals surface area contributed by atoms with E-state index in [0.717, 1.165) is 11.1 Å². The van der Waals surface area contributed by atoms with Crippen LogP contribution < -0.4 is 9.46 Å². The van der Waals surface area contributed by atoms with Crippen molar-refractivity contribution in [1.29, 1.82) is 0 Å². The summed E-state index contributed by atoms with van der Waals surface area (Å²) in [4.78, 5) is 4.98. The highest BCUT2D eigenvalue weighted by atomic mass is 35.5. The van der Waals surface area contributed by atoms with Gasteiger partial charge in [0.05, 0.1) is 23.5 Å². The minimum atomic E-state index is -3.79. The average molecular weight is 495 g/mol. The van der Waals surface area contributed by atoms with E-state index in [-0.39, 0.29) is 22.3 Å². The molecule has 0 saturated carbocycles. The molecule has 0 fully saturated rings. The topological polar surface area (TPSA) is 77.0 Å². The second-order valence-corrected chi connectivity index (χ2v) is 8.61. The predicted octanol–water partition coefficient (Wildman–Crippen LogP) is 5.55. The van der Waals surface area contributed by atoms with E-state index in [1.807, 2.05) is 31.2 Å². The Hall–Kier alpha value is -2.74. The summed E-state index contributed by atoms with van der Waals surface area (Å²) in [6.45, 7) is 2.87. The van der Waals surface area contributed by atoms with Crippen molar-refractivity contribution in [2.75, 3.05) is 17.9 Å². The largest absolute Gasteiger partial charge is 0.493 e. The summed E-state index contributed by atoms with van der Waals surface area (Å²) in [6.07, 6.45) is 2.37. The maximum Gasteiger partial charge on any atom is 0.263 e. The lowest BCUT2D eigenvalue weighted by molar-refractivity contribution is 0.160. The van der Waals surface area contributed by atoms with Crippen LogP contribution in [0, 0.1) is 0 Å². The second-order valence-electron chi connectivity index (χ2n) is 6.56. The van der Waals surface area contributed by atoms with E-state index >= 15 is 0 Å². The van der Waals surface area contributed by atoms with Gasteiger partial charge in [0.25, 0.3) is 10.0 Å². The van der Waals surface area contributed by atoms with Crippen molar-refractivity contribution in [1.82, 2.24) is 0 Å². The van der Waals surface area contributed by atoms with E-state index in [1.54, 1.807) is 42.6 Å². The summed E-state index contributed by atoms with van der Waals surface area (Å²) in [7, 11) is -3.79. The second kappa shape index (κ2) is 12.3. The Kier molecular flexibility index (Phi) is 9.84. The zero-order valence-corrected chi connectivity index (χ0v) is 19.8. The molecule has 0 bridgehead atoms. The van der Waals surface area contributed by atoms with Crippen LogP contribution in [-0.2, 0) is 21.3 Å². The molecule has 3 aromatic carbocycles. The minimum absolute atomic E-state index is 0. The van der Waals surface area contributed by atoms with Crippen LogP contribution in [-0.4, -0.2) is 27.8 Å². The fourth-order valence-corrected chi connectivity index (χ4v) is 4.32. The van der Waals surface area contributed by atoms with Crippen molar-refractivity contribution in [3.63, 3.8) is 0 Å².